The number of quaternary nitrogens is 1. The second kappa shape index (κ2) is 17.1. The Kier molecular flexibility index (Phi) is 15.9. The molecule has 7 nitrogen and oxygen atoms in total. The highest BCUT2D eigenvalue weighted by Gasteiger charge is 2.36. The molecule has 0 heterocycles. The van der Waals surface area contributed by atoms with E-state index in [-0.39, 0.29) is 17.9 Å². The molecule has 1 aliphatic rings. The van der Waals surface area contributed by atoms with Crippen LogP contribution in [0.15, 0.2) is 0 Å². The van der Waals surface area contributed by atoms with Crippen LogP contribution in [-0.2, 0) is 13.9 Å². The number of unbranched alkanes of at least 4 members (excludes halogenated alkanes) is 12. The van der Waals surface area contributed by atoms with E-state index in [0.29, 0.717) is 23.9 Å². The topological polar surface area (TPSA) is 98.7 Å². The van der Waals surface area contributed by atoms with Crippen molar-refractivity contribution in [1.82, 2.24) is 5.32 Å². The third kappa shape index (κ3) is 17.0. The van der Waals surface area contributed by atoms with E-state index >= 15 is 0 Å². The molecule has 0 spiro atoms. The van der Waals surface area contributed by atoms with Crippen LogP contribution in [0.2, 0.25) is 0 Å². The molecular formula is C26H53N2O5P. The number of phosphoric ester groups is 1. The summed E-state index contributed by atoms with van der Waals surface area (Å²) in [6.07, 6.45) is 19.1. The Morgan fingerprint density at radius 3 is 1.94 bits per heavy atom. The quantitative estimate of drug-likeness (QED) is 0.133. The first-order chi connectivity index (χ1) is 16.0. The molecule has 0 aromatic rings. The van der Waals surface area contributed by atoms with E-state index in [9.17, 15) is 19.1 Å². The fourth-order valence-electron chi connectivity index (χ4n) is 5.07. The Balaban J connectivity index is 2.12. The zero-order valence-electron chi connectivity index (χ0n) is 22.4. The maximum Gasteiger partial charge on any atom is 0.265 e. The maximum atomic E-state index is 12.4. The van der Waals surface area contributed by atoms with Crippen LogP contribution >= 0.6 is 7.82 Å². The minimum Gasteiger partial charge on any atom is -0.756 e. The van der Waals surface area contributed by atoms with Gasteiger partial charge in [0.25, 0.3) is 7.82 Å². The van der Waals surface area contributed by atoms with E-state index in [1.807, 2.05) is 21.1 Å². The third-order valence-corrected chi connectivity index (χ3v) is 7.40. The number of phosphoric acid groups is 1. The Morgan fingerprint density at radius 1 is 0.971 bits per heavy atom. The molecule has 0 aromatic heterocycles. The van der Waals surface area contributed by atoms with Crippen molar-refractivity contribution in [3.63, 3.8) is 0 Å². The Morgan fingerprint density at radius 2 is 1.47 bits per heavy atom. The van der Waals surface area contributed by atoms with Crippen molar-refractivity contribution in [2.45, 2.75) is 128 Å². The summed E-state index contributed by atoms with van der Waals surface area (Å²) in [4.78, 5) is 32.9. The van der Waals surface area contributed by atoms with Crippen molar-refractivity contribution in [2.24, 2.45) is 5.92 Å². The average Bonchev–Trinajstić information content (AvgIpc) is 3.17. The SMILES string of the molecule is CCCCCCCCCCCCCCCC(=O)NC1CCC(C(C[N+](C)(C)C)OP(=O)([O-])O)C1. The smallest absolute Gasteiger partial charge is 0.265 e. The number of likely N-dealkylation sites (N-methyl/N-ethyl adjacent to an activating group) is 1. The number of hydrogen-bond donors (Lipinski definition) is 2. The van der Waals surface area contributed by atoms with Gasteiger partial charge in [-0.15, -0.1) is 0 Å². The molecule has 2 N–H and O–H groups in total. The fourth-order valence-corrected chi connectivity index (χ4v) is 5.65. The van der Waals surface area contributed by atoms with Gasteiger partial charge in [0, 0.05) is 12.5 Å². The molecule has 1 fully saturated rings. The minimum absolute atomic E-state index is 0.00779. The van der Waals surface area contributed by atoms with Crippen molar-refractivity contribution in [1.29, 1.82) is 0 Å². The Hall–Kier alpha value is -0.460. The molecule has 1 saturated carbocycles. The molecule has 202 valence electrons. The van der Waals surface area contributed by atoms with E-state index in [0.717, 1.165) is 25.7 Å². The van der Waals surface area contributed by atoms with Crippen LogP contribution < -0.4 is 10.2 Å². The zero-order valence-corrected chi connectivity index (χ0v) is 23.3. The lowest BCUT2D eigenvalue weighted by Gasteiger charge is -2.34. The largest absolute Gasteiger partial charge is 0.756 e. The predicted molar refractivity (Wildman–Crippen MR) is 137 cm³/mol. The predicted octanol–water partition coefficient (Wildman–Crippen LogP) is 5.30. The highest BCUT2D eigenvalue weighted by molar-refractivity contribution is 7.44. The lowest BCUT2D eigenvalue weighted by atomic mass is 9.99. The van der Waals surface area contributed by atoms with Gasteiger partial charge in [-0.05, 0) is 31.6 Å². The first kappa shape index (κ1) is 31.6. The standard InChI is InChI=1S/C26H53N2O5P/c1-5-6-7-8-9-10-11-12-13-14-15-16-17-18-26(29)27-24-20-19-23(21-24)25(22-28(2,3)4)33-34(30,31)32/h23-25H,5-22H2,1-4H3,(H2-,27,29,30,31,32). The molecular weight excluding hydrogens is 451 g/mol. The van der Waals surface area contributed by atoms with Gasteiger partial charge in [-0.2, -0.15) is 0 Å². The van der Waals surface area contributed by atoms with Gasteiger partial charge in [0.1, 0.15) is 12.6 Å². The van der Waals surface area contributed by atoms with E-state index in [1.54, 1.807) is 0 Å². The van der Waals surface area contributed by atoms with Crippen LogP contribution in [0.25, 0.3) is 0 Å². The van der Waals surface area contributed by atoms with Gasteiger partial charge in [0.05, 0.1) is 21.1 Å². The number of nitrogens with one attached hydrogen (secondary N) is 1. The number of hydrogen-bond acceptors (Lipinski definition) is 4. The summed E-state index contributed by atoms with van der Waals surface area (Å²) in [5.41, 5.74) is 0. The fraction of sp³-hybridized carbons (Fsp3) is 0.962. The van der Waals surface area contributed by atoms with Gasteiger partial charge in [-0.25, -0.2) is 0 Å². The highest BCUT2D eigenvalue weighted by atomic mass is 31.2. The number of nitrogens with zero attached hydrogens (tertiary/aromatic N) is 1. The van der Waals surface area contributed by atoms with Crippen LogP contribution in [0.3, 0.4) is 0 Å². The van der Waals surface area contributed by atoms with E-state index in [1.165, 1.54) is 70.6 Å². The monoisotopic (exact) mass is 504 g/mol. The third-order valence-electron chi connectivity index (χ3n) is 6.87. The molecule has 0 saturated heterocycles. The summed E-state index contributed by atoms with van der Waals surface area (Å²) in [6.45, 7) is 2.74. The van der Waals surface area contributed by atoms with Crippen molar-refractivity contribution >= 4 is 13.7 Å². The summed E-state index contributed by atoms with van der Waals surface area (Å²) in [5.74, 6) is 0.0999. The first-order valence-corrected chi connectivity index (χ1v) is 15.3. The maximum absolute atomic E-state index is 12.4. The normalized spacial score (nSPS) is 21.4. The zero-order chi connectivity index (χ0) is 25.5. The Labute approximate surface area is 209 Å². The molecule has 4 atom stereocenters. The van der Waals surface area contributed by atoms with Crippen molar-refractivity contribution < 1.29 is 28.2 Å². The van der Waals surface area contributed by atoms with Gasteiger partial charge in [0.2, 0.25) is 5.91 Å². The van der Waals surface area contributed by atoms with E-state index in [4.69, 9.17) is 4.52 Å². The first-order valence-electron chi connectivity index (χ1n) is 13.8. The lowest BCUT2D eigenvalue weighted by molar-refractivity contribution is -0.873. The molecule has 4 unspecified atom stereocenters. The van der Waals surface area contributed by atoms with Crippen LogP contribution in [0.5, 0.6) is 0 Å². The second-order valence-electron chi connectivity index (χ2n) is 11.4. The molecule has 1 amide bonds. The highest BCUT2D eigenvalue weighted by Crippen LogP contribution is 2.39. The van der Waals surface area contributed by atoms with Crippen molar-refractivity contribution in [2.75, 3.05) is 27.7 Å². The molecule has 34 heavy (non-hydrogen) atoms. The number of carbonyl (C=O) groups is 1. The molecule has 0 aromatic carbocycles. The summed E-state index contributed by atoms with van der Waals surface area (Å²) < 4.78 is 16.9. The van der Waals surface area contributed by atoms with Gasteiger partial charge in [-0.3, -0.25) is 9.36 Å². The molecule has 8 heteroatoms. The van der Waals surface area contributed by atoms with Crippen molar-refractivity contribution in [3.8, 4) is 0 Å². The van der Waals surface area contributed by atoms with Crippen LogP contribution in [0, 0.1) is 5.92 Å². The van der Waals surface area contributed by atoms with Crippen LogP contribution in [0.1, 0.15) is 116 Å². The van der Waals surface area contributed by atoms with Crippen LogP contribution in [-0.4, -0.2) is 55.1 Å². The Bertz CT molecular complexity index is 590. The summed E-state index contributed by atoms with van der Waals surface area (Å²) in [6, 6.07) is 0.0581. The summed E-state index contributed by atoms with van der Waals surface area (Å²) in [5, 5.41) is 3.12. The molecule has 0 radical (unpaired) electrons. The van der Waals surface area contributed by atoms with Crippen molar-refractivity contribution in [3.05, 3.63) is 0 Å². The van der Waals surface area contributed by atoms with Gasteiger partial charge < -0.3 is 24.1 Å². The van der Waals surface area contributed by atoms with E-state index < -0.39 is 13.9 Å². The summed E-state index contributed by atoms with van der Waals surface area (Å²) >= 11 is 0. The number of amides is 1. The molecule has 0 bridgehead atoms. The van der Waals surface area contributed by atoms with Gasteiger partial charge in [-0.1, -0.05) is 84.0 Å². The second-order valence-corrected chi connectivity index (χ2v) is 12.6. The van der Waals surface area contributed by atoms with Crippen LogP contribution in [0.4, 0.5) is 0 Å². The average molecular weight is 505 g/mol. The molecule has 1 rings (SSSR count). The summed E-state index contributed by atoms with van der Waals surface area (Å²) in [7, 11) is 1.10. The van der Waals surface area contributed by atoms with Gasteiger partial charge in [0.15, 0.2) is 0 Å². The number of carbonyl (C=O) groups excluding carboxylic acids is 1. The molecule has 1 aliphatic carbocycles. The lowest BCUT2D eigenvalue weighted by Crippen LogP contribution is -2.45. The molecule has 0 aliphatic heterocycles. The minimum atomic E-state index is -4.79. The number of rotatable bonds is 20. The van der Waals surface area contributed by atoms with Gasteiger partial charge >= 0.3 is 0 Å². The van der Waals surface area contributed by atoms with E-state index in [2.05, 4.69) is 12.2 Å².